The van der Waals surface area contributed by atoms with Crippen LogP contribution in [0.3, 0.4) is 0 Å². The standard InChI is InChI=1S/C21H12F6O3S/c1-30-11-5-4-6-12(9-11)31-17-14-8-3-2-7-13(14)15(18(28)20(22,23)24)10-16(17)19(29)21(25,26)27/h2-10H,1H3. The third-order valence-electron chi connectivity index (χ3n) is 4.26. The van der Waals surface area contributed by atoms with Gasteiger partial charge in [0.15, 0.2) is 0 Å². The summed E-state index contributed by atoms with van der Waals surface area (Å²) in [6, 6.07) is 11.8. The van der Waals surface area contributed by atoms with Gasteiger partial charge in [0.1, 0.15) is 5.75 Å². The molecule has 162 valence electrons. The minimum Gasteiger partial charge on any atom is -0.497 e. The molecule has 0 atom stereocenters. The first-order chi connectivity index (χ1) is 14.4. The van der Waals surface area contributed by atoms with Crippen molar-refractivity contribution in [3.8, 4) is 5.75 Å². The molecular formula is C21H12F6O3S. The fourth-order valence-electron chi connectivity index (χ4n) is 2.90. The van der Waals surface area contributed by atoms with Gasteiger partial charge < -0.3 is 4.74 Å². The van der Waals surface area contributed by atoms with Crippen LogP contribution in [-0.2, 0) is 0 Å². The van der Waals surface area contributed by atoms with Crippen molar-refractivity contribution in [3.05, 3.63) is 65.7 Å². The number of fused-ring (bicyclic) bond motifs is 1. The van der Waals surface area contributed by atoms with E-state index in [-0.39, 0.29) is 15.7 Å². The van der Waals surface area contributed by atoms with Crippen LogP contribution in [0.2, 0.25) is 0 Å². The van der Waals surface area contributed by atoms with Crippen molar-refractivity contribution in [2.45, 2.75) is 22.1 Å². The van der Waals surface area contributed by atoms with Crippen LogP contribution in [0.1, 0.15) is 20.7 Å². The van der Waals surface area contributed by atoms with Gasteiger partial charge in [-0.05, 0) is 35.0 Å². The maximum atomic E-state index is 13.3. The monoisotopic (exact) mass is 458 g/mol. The van der Waals surface area contributed by atoms with E-state index in [0.29, 0.717) is 16.7 Å². The van der Waals surface area contributed by atoms with E-state index >= 15 is 0 Å². The first-order valence-corrected chi connectivity index (χ1v) is 9.36. The molecule has 0 aliphatic carbocycles. The molecule has 0 heterocycles. The van der Waals surface area contributed by atoms with Crippen molar-refractivity contribution in [2.75, 3.05) is 7.11 Å². The number of hydrogen-bond acceptors (Lipinski definition) is 4. The molecule has 0 saturated heterocycles. The molecular weight excluding hydrogens is 446 g/mol. The number of halogens is 6. The van der Waals surface area contributed by atoms with Gasteiger partial charge in [0, 0.05) is 20.9 Å². The van der Waals surface area contributed by atoms with Crippen LogP contribution in [0.15, 0.2) is 64.4 Å². The summed E-state index contributed by atoms with van der Waals surface area (Å²) in [6.45, 7) is 0. The van der Waals surface area contributed by atoms with Gasteiger partial charge in [0.25, 0.3) is 11.6 Å². The predicted octanol–water partition coefficient (Wildman–Crippen LogP) is 6.49. The van der Waals surface area contributed by atoms with Gasteiger partial charge in [-0.25, -0.2) is 0 Å². The molecule has 0 aliphatic heterocycles. The Labute approximate surface area is 176 Å². The lowest BCUT2D eigenvalue weighted by Gasteiger charge is -2.17. The average Bonchev–Trinajstić information content (AvgIpc) is 2.71. The van der Waals surface area contributed by atoms with E-state index in [1.165, 1.54) is 37.4 Å². The molecule has 31 heavy (non-hydrogen) atoms. The Hall–Kier alpha value is -3.01. The Morgan fingerprint density at radius 1 is 0.774 bits per heavy atom. The highest BCUT2D eigenvalue weighted by atomic mass is 32.2. The van der Waals surface area contributed by atoms with Gasteiger partial charge in [-0.1, -0.05) is 42.1 Å². The van der Waals surface area contributed by atoms with E-state index in [1.54, 1.807) is 18.2 Å². The molecule has 10 heteroatoms. The molecule has 0 bridgehead atoms. The lowest BCUT2D eigenvalue weighted by atomic mass is 9.95. The second kappa shape index (κ2) is 8.26. The molecule has 0 unspecified atom stereocenters. The van der Waals surface area contributed by atoms with Gasteiger partial charge >= 0.3 is 12.4 Å². The number of benzene rings is 3. The minimum atomic E-state index is -5.36. The zero-order chi connectivity index (χ0) is 23.0. The third-order valence-corrected chi connectivity index (χ3v) is 5.39. The normalized spacial score (nSPS) is 12.1. The van der Waals surface area contributed by atoms with Crippen molar-refractivity contribution in [1.29, 1.82) is 0 Å². The summed E-state index contributed by atoms with van der Waals surface area (Å²) in [7, 11) is 1.38. The van der Waals surface area contributed by atoms with E-state index < -0.39 is 35.0 Å². The van der Waals surface area contributed by atoms with Crippen molar-refractivity contribution in [3.63, 3.8) is 0 Å². The number of methoxy groups -OCH3 is 1. The van der Waals surface area contributed by atoms with Crippen molar-refractivity contribution in [1.82, 2.24) is 0 Å². The smallest absolute Gasteiger partial charge is 0.454 e. The van der Waals surface area contributed by atoms with Gasteiger partial charge in [0.2, 0.25) is 0 Å². The van der Waals surface area contributed by atoms with Gasteiger partial charge in [0.05, 0.1) is 7.11 Å². The summed E-state index contributed by atoms with van der Waals surface area (Å²) in [4.78, 5) is 24.2. The fourth-order valence-corrected chi connectivity index (χ4v) is 4.01. The average molecular weight is 458 g/mol. The van der Waals surface area contributed by atoms with Crippen molar-refractivity contribution >= 4 is 34.1 Å². The molecule has 0 radical (unpaired) electrons. The molecule has 3 nitrogen and oxygen atoms in total. The summed E-state index contributed by atoms with van der Waals surface area (Å²) in [5.41, 5.74) is -2.06. The highest BCUT2D eigenvalue weighted by Crippen LogP contribution is 2.42. The number of alkyl halides is 6. The topological polar surface area (TPSA) is 43.4 Å². The Morgan fingerprint density at radius 2 is 1.35 bits per heavy atom. The number of ketones is 2. The van der Waals surface area contributed by atoms with Gasteiger partial charge in [-0.2, -0.15) is 26.3 Å². The zero-order valence-electron chi connectivity index (χ0n) is 15.6. The molecule has 0 aromatic heterocycles. The summed E-state index contributed by atoms with van der Waals surface area (Å²) in [5.74, 6) is -4.29. The lowest BCUT2D eigenvalue weighted by molar-refractivity contribution is -0.0888. The predicted molar refractivity (Wildman–Crippen MR) is 102 cm³/mol. The van der Waals surface area contributed by atoms with E-state index in [9.17, 15) is 35.9 Å². The quantitative estimate of drug-likeness (QED) is 0.324. The molecule has 3 aromatic carbocycles. The van der Waals surface area contributed by atoms with Crippen LogP contribution in [0.5, 0.6) is 5.75 Å². The SMILES string of the molecule is COc1cccc(Sc2c(C(=O)C(F)(F)F)cc(C(=O)C(F)(F)F)c3ccccc23)c1. The first kappa shape index (κ1) is 22.7. The molecule has 0 saturated carbocycles. The lowest BCUT2D eigenvalue weighted by Crippen LogP contribution is -2.26. The van der Waals surface area contributed by atoms with Crippen molar-refractivity contribution in [2.24, 2.45) is 0 Å². The largest absolute Gasteiger partial charge is 0.497 e. The number of carbonyl (C=O) groups is 2. The van der Waals surface area contributed by atoms with Crippen LogP contribution in [0, 0.1) is 0 Å². The second-order valence-electron chi connectivity index (χ2n) is 6.28. The van der Waals surface area contributed by atoms with Crippen LogP contribution >= 0.6 is 11.8 Å². The van der Waals surface area contributed by atoms with E-state index in [4.69, 9.17) is 4.74 Å². The summed E-state index contributed by atoms with van der Waals surface area (Å²) in [5, 5.41) is -0.299. The van der Waals surface area contributed by atoms with Crippen LogP contribution in [-0.4, -0.2) is 31.0 Å². The molecule has 0 N–H and O–H groups in total. The van der Waals surface area contributed by atoms with E-state index in [0.717, 1.165) is 11.8 Å². The summed E-state index contributed by atoms with van der Waals surface area (Å²) in [6.07, 6.45) is -10.7. The molecule has 0 fully saturated rings. The maximum absolute atomic E-state index is 13.3. The molecule has 0 spiro atoms. The number of hydrogen-bond donors (Lipinski definition) is 0. The number of rotatable bonds is 5. The zero-order valence-corrected chi connectivity index (χ0v) is 16.4. The molecule has 3 rings (SSSR count). The van der Waals surface area contributed by atoms with E-state index in [2.05, 4.69) is 0 Å². The minimum absolute atomic E-state index is 0.0852. The Kier molecular flexibility index (Phi) is 6.04. The number of carbonyl (C=O) groups excluding carboxylic acids is 2. The third kappa shape index (κ3) is 4.68. The molecule has 0 aliphatic rings. The van der Waals surface area contributed by atoms with E-state index in [1.807, 2.05) is 0 Å². The Morgan fingerprint density at radius 3 is 1.94 bits per heavy atom. The van der Waals surface area contributed by atoms with Gasteiger partial charge in [-0.3, -0.25) is 9.59 Å². The first-order valence-electron chi connectivity index (χ1n) is 8.54. The molecule has 0 amide bonds. The Balaban J connectivity index is 2.33. The van der Waals surface area contributed by atoms with Crippen LogP contribution < -0.4 is 4.74 Å². The summed E-state index contributed by atoms with van der Waals surface area (Å²) >= 11 is 0.752. The molecule has 3 aromatic rings. The highest BCUT2D eigenvalue weighted by molar-refractivity contribution is 7.99. The van der Waals surface area contributed by atoms with Crippen molar-refractivity contribution < 1.29 is 40.7 Å². The van der Waals surface area contributed by atoms with Crippen LogP contribution in [0.4, 0.5) is 26.3 Å². The van der Waals surface area contributed by atoms with Crippen LogP contribution in [0.25, 0.3) is 10.8 Å². The Bertz CT molecular complexity index is 1170. The summed E-state index contributed by atoms with van der Waals surface area (Å²) < 4.78 is 84.1. The fraction of sp³-hybridized carbons (Fsp3) is 0.143. The van der Waals surface area contributed by atoms with Gasteiger partial charge in [-0.15, -0.1) is 0 Å². The number of ether oxygens (including phenoxy) is 1. The highest BCUT2D eigenvalue weighted by Gasteiger charge is 2.44. The number of Topliss-reactive ketones (excluding diaryl/α,β-unsaturated/α-hetero) is 2. The second-order valence-corrected chi connectivity index (χ2v) is 7.36. The maximum Gasteiger partial charge on any atom is 0.454 e.